The molecule has 0 N–H and O–H groups in total. The summed E-state index contributed by atoms with van der Waals surface area (Å²) in [7, 11) is 0. The van der Waals surface area contributed by atoms with Crippen molar-refractivity contribution in [2.45, 2.75) is 12.8 Å². The molecule has 0 bridgehead atoms. The number of pyridine rings is 2. The third-order valence-corrected chi connectivity index (χ3v) is 5.91. The molecule has 0 aliphatic carbocycles. The van der Waals surface area contributed by atoms with E-state index in [9.17, 15) is 34.5 Å². The standard InChI is InChI=1S/C13H9N3O4S.C12H10N2O4.Ru/c14-8-21-20-12(19)13(11(17)18)4-6-16-10(7-13)9-3-1-2-5-15-9;15-10(16)12(11(17)18)4-6-14-9(7-12)8-3-1-2-5-13-8;/h1-6H,7H2,(H,17,18);1-6H,7H2,(H,15,16)(H,17,18);/q;;+3/p-3. The first-order valence-corrected chi connectivity index (χ1v) is 11.6. The Morgan fingerprint density at radius 3 is 1.65 bits per heavy atom. The molecule has 2 aliphatic heterocycles. The fraction of sp³-hybridized carbons (Fsp3) is 0.160. The second kappa shape index (κ2) is 14.0. The fourth-order valence-electron chi connectivity index (χ4n) is 3.48. The van der Waals surface area contributed by atoms with E-state index >= 15 is 0 Å². The second-order valence-electron chi connectivity index (χ2n) is 7.92. The van der Waals surface area contributed by atoms with Crippen LogP contribution >= 0.6 is 12.0 Å². The molecule has 2 aromatic rings. The molecule has 203 valence electrons. The van der Waals surface area contributed by atoms with Gasteiger partial charge in [0.05, 0.1) is 46.1 Å². The Labute approximate surface area is 244 Å². The zero-order valence-corrected chi connectivity index (χ0v) is 22.7. The zero-order chi connectivity index (χ0) is 28.5. The molecule has 2 aromatic heterocycles. The largest absolute Gasteiger partial charge is 3.00 e. The minimum absolute atomic E-state index is 0. The Morgan fingerprint density at radius 1 is 0.800 bits per heavy atom. The van der Waals surface area contributed by atoms with Gasteiger partial charge in [0, 0.05) is 37.6 Å². The number of aromatic nitrogens is 2. The number of aliphatic imine (C=N–C) groups is 2. The molecule has 4 heterocycles. The summed E-state index contributed by atoms with van der Waals surface area (Å²) in [6, 6.07) is 10.1. The van der Waals surface area contributed by atoms with Gasteiger partial charge in [-0.1, -0.05) is 12.1 Å². The summed E-state index contributed by atoms with van der Waals surface area (Å²) in [5.74, 6) is -6.15. The summed E-state index contributed by atoms with van der Waals surface area (Å²) in [6.07, 6.45) is 6.81. The Morgan fingerprint density at radius 2 is 1.25 bits per heavy atom. The SMILES string of the molecule is N#CSOC(=O)C1(C(=O)[O-])C=CN=C(c2ccccn2)C1.O=C([O-])C1(C(=O)[O-])C=CN=C(c2ccccn2)C1.[Ru+3]. The van der Waals surface area contributed by atoms with Crippen molar-refractivity contribution in [3.63, 3.8) is 0 Å². The van der Waals surface area contributed by atoms with Crippen LogP contribution in [0.5, 0.6) is 0 Å². The molecule has 0 spiro atoms. The van der Waals surface area contributed by atoms with Gasteiger partial charge in [0.1, 0.15) is 5.41 Å². The van der Waals surface area contributed by atoms with Gasteiger partial charge in [0.25, 0.3) is 0 Å². The average molecular weight is 648 g/mol. The molecule has 0 saturated heterocycles. The van der Waals surface area contributed by atoms with Gasteiger partial charge in [0.15, 0.2) is 17.4 Å². The van der Waals surface area contributed by atoms with Crippen molar-refractivity contribution in [1.29, 1.82) is 5.26 Å². The van der Waals surface area contributed by atoms with Gasteiger partial charge in [-0.05, 0) is 36.4 Å². The van der Waals surface area contributed by atoms with Crippen LogP contribution < -0.4 is 15.3 Å². The quantitative estimate of drug-likeness (QED) is 0.145. The minimum atomic E-state index is -2.19. The van der Waals surface area contributed by atoms with Crippen LogP contribution in [0, 0.1) is 21.5 Å². The Kier molecular flexibility index (Phi) is 11.1. The van der Waals surface area contributed by atoms with Gasteiger partial charge in [-0.3, -0.25) is 20.0 Å². The number of hydrogen-bond acceptors (Lipinski definition) is 14. The molecule has 4 rings (SSSR count). The van der Waals surface area contributed by atoms with Crippen LogP contribution in [-0.2, 0) is 42.8 Å². The van der Waals surface area contributed by atoms with Crippen molar-refractivity contribution in [3.8, 4) is 5.40 Å². The third kappa shape index (κ3) is 6.91. The van der Waals surface area contributed by atoms with E-state index in [0.29, 0.717) is 17.1 Å². The summed E-state index contributed by atoms with van der Waals surface area (Å²) < 4.78 is 4.55. The van der Waals surface area contributed by atoms with E-state index in [1.807, 2.05) is 0 Å². The number of nitriles is 1. The van der Waals surface area contributed by atoms with Gasteiger partial charge in [-0.25, -0.2) is 4.79 Å². The molecule has 40 heavy (non-hydrogen) atoms. The van der Waals surface area contributed by atoms with E-state index in [0.717, 1.165) is 18.4 Å². The minimum Gasteiger partial charge on any atom is -0.549 e. The van der Waals surface area contributed by atoms with Crippen molar-refractivity contribution in [2.75, 3.05) is 0 Å². The summed E-state index contributed by atoms with van der Waals surface area (Å²) in [4.78, 5) is 61.5. The molecule has 0 aromatic carbocycles. The van der Waals surface area contributed by atoms with E-state index in [4.69, 9.17) is 5.26 Å². The van der Waals surface area contributed by atoms with E-state index in [1.165, 1.54) is 24.0 Å². The van der Waals surface area contributed by atoms with Crippen LogP contribution in [0.15, 0.2) is 83.3 Å². The van der Waals surface area contributed by atoms with Crippen molar-refractivity contribution in [2.24, 2.45) is 20.8 Å². The molecule has 15 heteroatoms. The molecule has 0 amide bonds. The van der Waals surface area contributed by atoms with Gasteiger partial charge < -0.3 is 33.9 Å². The predicted octanol–water partition coefficient (Wildman–Crippen LogP) is -1.53. The monoisotopic (exact) mass is 648 g/mol. The predicted molar refractivity (Wildman–Crippen MR) is 128 cm³/mol. The normalized spacial score (nSPS) is 18.3. The summed E-state index contributed by atoms with van der Waals surface area (Å²) in [5.41, 5.74) is -2.73. The topological polar surface area (TPSA) is 221 Å². The van der Waals surface area contributed by atoms with Gasteiger partial charge in [-0.15, -0.1) is 0 Å². The number of nitrogens with zero attached hydrogens (tertiary/aromatic N) is 5. The number of carbonyl (C=O) groups excluding carboxylic acids is 4. The van der Waals surface area contributed by atoms with Crippen molar-refractivity contribution >= 4 is 47.3 Å². The number of rotatable bonds is 7. The van der Waals surface area contributed by atoms with Crippen molar-refractivity contribution < 1.29 is 58.2 Å². The van der Waals surface area contributed by atoms with E-state index in [2.05, 4.69) is 24.1 Å². The Bertz CT molecular complexity index is 1430. The average Bonchev–Trinajstić information content (AvgIpc) is 2.96. The van der Waals surface area contributed by atoms with E-state index < -0.39 is 34.7 Å². The van der Waals surface area contributed by atoms with Crippen LogP contribution in [0.1, 0.15) is 24.2 Å². The van der Waals surface area contributed by atoms with Crippen LogP contribution in [0.4, 0.5) is 0 Å². The third-order valence-electron chi connectivity index (χ3n) is 5.60. The van der Waals surface area contributed by atoms with E-state index in [1.54, 1.807) is 36.4 Å². The van der Waals surface area contributed by atoms with Gasteiger partial charge in [-0.2, -0.15) is 5.26 Å². The van der Waals surface area contributed by atoms with Crippen LogP contribution in [0.2, 0.25) is 0 Å². The van der Waals surface area contributed by atoms with Crippen LogP contribution in [0.25, 0.3) is 0 Å². The van der Waals surface area contributed by atoms with E-state index in [-0.39, 0.29) is 50.1 Å². The molecule has 13 nitrogen and oxygen atoms in total. The molecule has 2 aliphatic rings. The number of hydrogen-bond donors (Lipinski definition) is 0. The first-order chi connectivity index (χ1) is 18.7. The Hall–Kier alpha value is -4.54. The molecular formula is C25H16N5O8RuS. The maximum atomic E-state index is 12.0. The first kappa shape index (κ1) is 31.7. The Balaban J connectivity index is 0.000000276. The summed E-state index contributed by atoms with van der Waals surface area (Å²) in [5, 5.41) is 43.4. The molecule has 1 unspecified atom stereocenters. The zero-order valence-electron chi connectivity index (χ0n) is 20.1. The van der Waals surface area contributed by atoms with Gasteiger partial charge >= 0.3 is 25.4 Å². The number of carboxylic acid groups (broad SMARTS) is 3. The summed E-state index contributed by atoms with van der Waals surface area (Å²) >= 11 is 0.198. The number of carbonyl (C=O) groups is 4. The molecule has 0 fully saturated rings. The fourth-order valence-corrected chi connectivity index (χ4v) is 3.75. The maximum absolute atomic E-state index is 12.0. The van der Waals surface area contributed by atoms with Gasteiger partial charge in [0.2, 0.25) is 0 Å². The maximum Gasteiger partial charge on any atom is 3.00 e. The molecule has 0 saturated carbocycles. The van der Waals surface area contributed by atoms with Crippen molar-refractivity contribution in [1.82, 2.24) is 9.97 Å². The van der Waals surface area contributed by atoms with Crippen molar-refractivity contribution in [3.05, 3.63) is 84.7 Å². The number of carboxylic acids is 3. The molecular weight excluding hydrogens is 631 g/mol. The molecule has 1 radical (unpaired) electrons. The number of aliphatic carboxylic acids is 3. The molecule has 1 atom stereocenters. The number of thiocyanates is 1. The van der Waals surface area contributed by atoms with Crippen LogP contribution in [-0.4, -0.2) is 45.3 Å². The smallest absolute Gasteiger partial charge is 0.549 e. The first-order valence-electron chi connectivity index (χ1n) is 10.9. The van der Waals surface area contributed by atoms with Crippen LogP contribution in [0.3, 0.4) is 0 Å². The second-order valence-corrected chi connectivity index (χ2v) is 8.43. The summed E-state index contributed by atoms with van der Waals surface area (Å²) in [6.45, 7) is 0.